The summed E-state index contributed by atoms with van der Waals surface area (Å²) in [6.45, 7) is 3.36. The molecule has 0 saturated carbocycles. The molecule has 1 fully saturated rings. The molecule has 150 valence electrons. The molecule has 0 unspecified atom stereocenters. The van der Waals surface area contributed by atoms with E-state index in [2.05, 4.69) is 68.0 Å². The van der Waals surface area contributed by atoms with E-state index < -0.39 is 0 Å². The third-order valence-corrected chi connectivity index (χ3v) is 5.77. The SMILES string of the molecule is Clc1ccc(C(=C2CCN(CCCCc3nn[nH]n3)CC2)c2ccccc2)cc1. The van der Waals surface area contributed by atoms with Gasteiger partial charge in [-0.1, -0.05) is 64.9 Å². The summed E-state index contributed by atoms with van der Waals surface area (Å²) < 4.78 is 0. The standard InChI is InChI=1S/C23H26ClN5/c24-21-11-9-19(10-12-21)23(18-6-2-1-3-7-18)20-13-16-29(17-14-20)15-5-4-8-22-25-27-28-26-22/h1-3,6-7,9-12H,4-5,8,13-17H2,(H,25,26,27,28). The van der Waals surface area contributed by atoms with Crippen LogP contribution in [-0.4, -0.2) is 45.2 Å². The molecule has 1 saturated heterocycles. The van der Waals surface area contributed by atoms with Gasteiger partial charge >= 0.3 is 0 Å². The number of piperidine rings is 1. The monoisotopic (exact) mass is 407 g/mol. The number of nitrogens with one attached hydrogen (secondary N) is 1. The van der Waals surface area contributed by atoms with E-state index in [1.165, 1.54) is 16.7 Å². The molecule has 2 aromatic carbocycles. The first-order chi connectivity index (χ1) is 14.3. The quantitative estimate of drug-likeness (QED) is 0.573. The van der Waals surface area contributed by atoms with Gasteiger partial charge in [0, 0.05) is 24.5 Å². The van der Waals surface area contributed by atoms with Gasteiger partial charge in [-0.05, 0) is 61.1 Å². The molecule has 1 N–H and O–H groups in total. The number of aromatic nitrogens is 4. The molecule has 29 heavy (non-hydrogen) atoms. The first-order valence-electron chi connectivity index (χ1n) is 10.3. The minimum atomic E-state index is 0.779. The molecule has 0 radical (unpaired) electrons. The average molecular weight is 408 g/mol. The van der Waals surface area contributed by atoms with E-state index in [4.69, 9.17) is 11.6 Å². The van der Waals surface area contributed by atoms with Crippen LogP contribution in [0.25, 0.3) is 5.57 Å². The van der Waals surface area contributed by atoms with Gasteiger partial charge < -0.3 is 4.90 Å². The van der Waals surface area contributed by atoms with E-state index in [0.717, 1.165) is 62.6 Å². The minimum absolute atomic E-state index is 0.779. The maximum Gasteiger partial charge on any atom is 0.174 e. The Labute approximate surface area is 176 Å². The third kappa shape index (κ3) is 5.31. The van der Waals surface area contributed by atoms with E-state index in [-0.39, 0.29) is 0 Å². The van der Waals surface area contributed by atoms with Gasteiger partial charge in [0.05, 0.1) is 0 Å². The van der Waals surface area contributed by atoms with Crippen molar-refractivity contribution in [1.82, 2.24) is 25.5 Å². The van der Waals surface area contributed by atoms with Gasteiger partial charge in [-0.2, -0.15) is 5.21 Å². The summed E-state index contributed by atoms with van der Waals surface area (Å²) in [6.07, 6.45) is 5.37. The second kappa shape index (κ2) is 9.81. The molecule has 6 heteroatoms. The second-order valence-electron chi connectivity index (χ2n) is 7.48. The van der Waals surface area contributed by atoms with Gasteiger partial charge in [-0.15, -0.1) is 10.2 Å². The summed E-state index contributed by atoms with van der Waals surface area (Å²) in [5.74, 6) is 0.810. The maximum atomic E-state index is 6.12. The van der Waals surface area contributed by atoms with Crippen LogP contribution in [0, 0.1) is 0 Å². The highest BCUT2D eigenvalue weighted by atomic mass is 35.5. The van der Waals surface area contributed by atoms with Crippen LogP contribution in [0.1, 0.15) is 42.6 Å². The molecule has 1 aliphatic heterocycles. The lowest BCUT2D eigenvalue weighted by molar-refractivity contribution is 0.252. The molecule has 1 aromatic heterocycles. The van der Waals surface area contributed by atoms with Gasteiger partial charge in [0.15, 0.2) is 5.82 Å². The lowest BCUT2D eigenvalue weighted by Crippen LogP contribution is -2.32. The second-order valence-corrected chi connectivity index (χ2v) is 7.91. The summed E-state index contributed by atoms with van der Waals surface area (Å²) in [6, 6.07) is 19.0. The molecule has 1 aliphatic rings. The molecule has 0 amide bonds. The fourth-order valence-corrected chi connectivity index (χ4v) is 4.13. The van der Waals surface area contributed by atoms with Gasteiger partial charge in [0.1, 0.15) is 0 Å². The number of hydrogen-bond donors (Lipinski definition) is 1. The van der Waals surface area contributed by atoms with E-state index in [9.17, 15) is 0 Å². The first-order valence-corrected chi connectivity index (χ1v) is 10.7. The van der Waals surface area contributed by atoms with E-state index in [1.54, 1.807) is 5.57 Å². The number of H-pyrrole nitrogens is 1. The zero-order chi connectivity index (χ0) is 19.9. The summed E-state index contributed by atoms with van der Waals surface area (Å²) in [7, 11) is 0. The third-order valence-electron chi connectivity index (χ3n) is 5.52. The smallest absolute Gasteiger partial charge is 0.174 e. The van der Waals surface area contributed by atoms with Crippen molar-refractivity contribution in [3.8, 4) is 0 Å². The number of aromatic amines is 1. The Morgan fingerprint density at radius 3 is 2.34 bits per heavy atom. The van der Waals surface area contributed by atoms with Crippen LogP contribution in [0.4, 0.5) is 0 Å². The van der Waals surface area contributed by atoms with Crippen molar-refractivity contribution in [2.24, 2.45) is 0 Å². The summed E-state index contributed by atoms with van der Waals surface area (Å²) in [5.41, 5.74) is 5.46. The highest BCUT2D eigenvalue weighted by Crippen LogP contribution is 2.33. The number of halogens is 1. The molecular formula is C23H26ClN5. The van der Waals surface area contributed by atoms with Crippen molar-refractivity contribution in [1.29, 1.82) is 0 Å². The van der Waals surface area contributed by atoms with Crippen LogP contribution >= 0.6 is 11.6 Å². The van der Waals surface area contributed by atoms with Crippen LogP contribution in [-0.2, 0) is 6.42 Å². The van der Waals surface area contributed by atoms with Crippen molar-refractivity contribution in [2.45, 2.75) is 32.1 Å². The van der Waals surface area contributed by atoms with Gasteiger partial charge in [-0.3, -0.25) is 0 Å². The Morgan fingerprint density at radius 1 is 0.931 bits per heavy atom. The Bertz CT molecular complexity index is 910. The number of tetrazole rings is 1. The van der Waals surface area contributed by atoms with Crippen molar-refractivity contribution in [3.05, 3.63) is 82.1 Å². The molecule has 2 heterocycles. The van der Waals surface area contributed by atoms with E-state index in [1.807, 2.05) is 12.1 Å². The number of nitrogens with zero attached hydrogens (tertiary/aromatic N) is 4. The zero-order valence-electron chi connectivity index (χ0n) is 16.5. The predicted octanol–water partition coefficient (Wildman–Crippen LogP) is 4.77. The first kappa shape index (κ1) is 19.8. The summed E-state index contributed by atoms with van der Waals surface area (Å²) in [5, 5.41) is 14.9. The fraction of sp³-hybridized carbons (Fsp3) is 0.348. The van der Waals surface area contributed by atoms with E-state index in [0.29, 0.717) is 0 Å². The topological polar surface area (TPSA) is 57.7 Å². The molecule has 0 spiro atoms. The molecule has 0 bridgehead atoms. The number of aryl methyl sites for hydroxylation is 1. The van der Waals surface area contributed by atoms with Crippen LogP contribution in [0.15, 0.2) is 60.2 Å². The van der Waals surface area contributed by atoms with Crippen LogP contribution in [0.3, 0.4) is 0 Å². The Morgan fingerprint density at radius 2 is 1.66 bits per heavy atom. The van der Waals surface area contributed by atoms with Crippen molar-refractivity contribution < 1.29 is 0 Å². The van der Waals surface area contributed by atoms with Crippen molar-refractivity contribution in [2.75, 3.05) is 19.6 Å². The molecule has 5 nitrogen and oxygen atoms in total. The largest absolute Gasteiger partial charge is 0.303 e. The fourth-order valence-electron chi connectivity index (χ4n) is 4.00. The summed E-state index contributed by atoms with van der Waals surface area (Å²) in [4.78, 5) is 2.57. The minimum Gasteiger partial charge on any atom is -0.303 e. The van der Waals surface area contributed by atoms with Crippen molar-refractivity contribution >= 4 is 17.2 Å². The lowest BCUT2D eigenvalue weighted by atomic mass is 9.88. The lowest BCUT2D eigenvalue weighted by Gasteiger charge is -2.30. The van der Waals surface area contributed by atoms with Gasteiger partial charge in [0.25, 0.3) is 0 Å². The maximum absolute atomic E-state index is 6.12. The molecular weight excluding hydrogens is 382 g/mol. The Balaban J connectivity index is 1.40. The molecule has 0 atom stereocenters. The Kier molecular flexibility index (Phi) is 6.70. The zero-order valence-corrected chi connectivity index (χ0v) is 17.3. The van der Waals surface area contributed by atoms with Crippen molar-refractivity contribution in [3.63, 3.8) is 0 Å². The van der Waals surface area contributed by atoms with Gasteiger partial charge in [0.2, 0.25) is 0 Å². The number of hydrogen-bond acceptors (Lipinski definition) is 4. The average Bonchev–Trinajstić information content (AvgIpc) is 3.28. The number of likely N-dealkylation sites (tertiary alicyclic amines) is 1. The predicted molar refractivity (Wildman–Crippen MR) is 117 cm³/mol. The molecule has 3 aromatic rings. The van der Waals surface area contributed by atoms with E-state index >= 15 is 0 Å². The molecule has 4 rings (SSSR count). The number of rotatable bonds is 7. The van der Waals surface area contributed by atoms with Crippen LogP contribution in [0.2, 0.25) is 5.02 Å². The highest BCUT2D eigenvalue weighted by Gasteiger charge is 2.18. The van der Waals surface area contributed by atoms with Gasteiger partial charge in [-0.25, -0.2) is 0 Å². The number of unbranched alkanes of at least 4 members (excludes halogenated alkanes) is 1. The van der Waals surface area contributed by atoms with Crippen LogP contribution < -0.4 is 0 Å². The normalized spacial score (nSPS) is 14.9. The highest BCUT2D eigenvalue weighted by molar-refractivity contribution is 6.30. The summed E-state index contributed by atoms with van der Waals surface area (Å²) >= 11 is 6.12. The molecule has 0 aliphatic carbocycles. The van der Waals surface area contributed by atoms with Crippen LogP contribution in [0.5, 0.6) is 0 Å². The number of benzene rings is 2. The Hall–Kier alpha value is -2.50.